The molecule has 0 aliphatic carbocycles. The maximum Gasteiger partial charge on any atom is 0.254 e. The number of hydrogen-bond donors (Lipinski definition) is 1. The fourth-order valence-electron chi connectivity index (χ4n) is 3.95. The Kier molecular flexibility index (Phi) is 4.91. The van der Waals surface area contributed by atoms with Crippen LogP contribution in [-0.2, 0) is 4.74 Å². The Hall–Kier alpha value is -1.99. The molecule has 2 aromatic heterocycles. The van der Waals surface area contributed by atoms with Gasteiger partial charge in [0.25, 0.3) is 5.91 Å². The minimum atomic E-state index is -0.134. The zero-order valence-electron chi connectivity index (χ0n) is 15.0. The molecule has 4 rings (SSSR count). The van der Waals surface area contributed by atoms with Gasteiger partial charge in [0.1, 0.15) is 0 Å². The van der Waals surface area contributed by atoms with Crippen LogP contribution in [0.4, 0.5) is 5.95 Å². The largest absolute Gasteiger partial charge is 0.375 e. The Morgan fingerprint density at radius 3 is 2.81 bits per heavy atom. The van der Waals surface area contributed by atoms with E-state index in [0.717, 1.165) is 55.8 Å². The molecule has 2 fully saturated rings. The molecule has 26 heavy (non-hydrogen) atoms. The van der Waals surface area contributed by atoms with Gasteiger partial charge >= 0.3 is 0 Å². The number of amides is 1. The lowest BCUT2D eigenvalue weighted by molar-refractivity contribution is -0.110. The Morgan fingerprint density at radius 2 is 2.12 bits per heavy atom. The summed E-state index contributed by atoms with van der Waals surface area (Å²) < 4.78 is 6.20. The van der Waals surface area contributed by atoms with E-state index >= 15 is 0 Å². The van der Waals surface area contributed by atoms with Crippen LogP contribution in [0.15, 0.2) is 29.9 Å². The van der Waals surface area contributed by atoms with E-state index in [1.54, 1.807) is 23.7 Å². The molecule has 6 nitrogen and oxygen atoms in total. The average Bonchev–Trinajstić information content (AvgIpc) is 3.09. The SMILES string of the molecule is Cc1sccc1C(=O)N1CCC2(CC1)CC(Nc1ncccn1)CCO2. The van der Waals surface area contributed by atoms with Gasteiger partial charge in [-0.3, -0.25) is 4.79 Å². The second-order valence-electron chi connectivity index (χ2n) is 7.12. The molecule has 1 unspecified atom stereocenters. The first-order chi connectivity index (χ1) is 12.7. The number of rotatable bonds is 3. The molecule has 0 radical (unpaired) electrons. The van der Waals surface area contributed by atoms with Crippen LogP contribution in [0.25, 0.3) is 0 Å². The monoisotopic (exact) mass is 372 g/mol. The fraction of sp³-hybridized carbons (Fsp3) is 0.526. The summed E-state index contributed by atoms with van der Waals surface area (Å²) in [6.07, 6.45) is 7.16. The molecular weight excluding hydrogens is 348 g/mol. The summed E-state index contributed by atoms with van der Waals surface area (Å²) in [4.78, 5) is 24.3. The Balaban J connectivity index is 1.37. The first-order valence-corrected chi connectivity index (χ1v) is 10.0. The summed E-state index contributed by atoms with van der Waals surface area (Å²) >= 11 is 1.63. The third kappa shape index (κ3) is 3.59. The molecule has 1 spiro atoms. The van der Waals surface area contributed by atoms with E-state index in [4.69, 9.17) is 4.74 Å². The van der Waals surface area contributed by atoms with E-state index in [-0.39, 0.29) is 11.5 Å². The van der Waals surface area contributed by atoms with Gasteiger partial charge in [-0.25, -0.2) is 9.97 Å². The Morgan fingerprint density at radius 1 is 1.35 bits per heavy atom. The number of carbonyl (C=O) groups excluding carboxylic acids is 1. The zero-order valence-corrected chi connectivity index (χ0v) is 15.8. The Labute approximate surface area is 157 Å². The lowest BCUT2D eigenvalue weighted by atomic mass is 9.82. The third-order valence-electron chi connectivity index (χ3n) is 5.44. The number of aryl methyl sites for hydroxylation is 1. The van der Waals surface area contributed by atoms with Crippen LogP contribution in [0.5, 0.6) is 0 Å². The second-order valence-corrected chi connectivity index (χ2v) is 8.24. The van der Waals surface area contributed by atoms with Crippen molar-refractivity contribution in [3.05, 3.63) is 40.3 Å². The van der Waals surface area contributed by atoms with Crippen LogP contribution in [0.3, 0.4) is 0 Å². The highest BCUT2D eigenvalue weighted by Gasteiger charge is 2.41. The van der Waals surface area contributed by atoms with Gasteiger partial charge < -0.3 is 15.0 Å². The minimum Gasteiger partial charge on any atom is -0.375 e. The topological polar surface area (TPSA) is 67.4 Å². The fourth-order valence-corrected chi connectivity index (χ4v) is 4.64. The molecule has 0 saturated carbocycles. The van der Waals surface area contributed by atoms with Crippen molar-refractivity contribution in [3.63, 3.8) is 0 Å². The summed E-state index contributed by atoms with van der Waals surface area (Å²) in [7, 11) is 0. The number of anilines is 1. The molecule has 0 aromatic carbocycles. The van der Waals surface area contributed by atoms with Crippen molar-refractivity contribution >= 4 is 23.2 Å². The molecule has 4 heterocycles. The zero-order chi connectivity index (χ0) is 18.0. The van der Waals surface area contributed by atoms with E-state index in [1.165, 1.54) is 0 Å². The molecule has 2 aromatic rings. The standard InChI is InChI=1S/C19H24N4O2S/c1-14-16(4-12-26-14)17(24)23-9-5-19(6-10-23)13-15(3-11-25-19)22-18-20-7-2-8-21-18/h2,4,7-8,12,15H,3,5-6,9-11,13H2,1H3,(H,20,21,22). The van der Waals surface area contributed by atoms with Crippen LogP contribution < -0.4 is 5.32 Å². The van der Waals surface area contributed by atoms with Gasteiger partial charge in [-0.15, -0.1) is 11.3 Å². The predicted octanol–water partition coefficient (Wildman–Crippen LogP) is 3.11. The highest BCUT2D eigenvalue weighted by atomic mass is 32.1. The van der Waals surface area contributed by atoms with E-state index < -0.39 is 0 Å². The van der Waals surface area contributed by atoms with Gasteiger partial charge in [0.2, 0.25) is 5.95 Å². The number of ether oxygens (including phenoxy) is 1. The quantitative estimate of drug-likeness (QED) is 0.897. The van der Waals surface area contributed by atoms with Crippen LogP contribution in [-0.4, -0.2) is 52.1 Å². The maximum atomic E-state index is 12.7. The van der Waals surface area contributed by atoms with Crippen molar-refractivity contribution in [1.82, 2.24) is 14.9 Å². The molecule has 7 heteroatoms. The number of piperidine rings is 1. The van der Waals surface area contributed by atoms with Gasteiger partial charge in [0.15, 0.2) is 0 Å². The predicted molar refractivity (Wildman–Crippen MR) is 102 cm³/mol. The minimum absolute atomic E-state index is 0.134. The Bertz CT molecular complexity index is 756. The van der Waals surface area contributed by atoms with Crippen molar-refractivity contribution in [3.8, 4) is 0 Å². The lowest BCUT2D eigenvalue weighted by Crippen LogP contribution is -2.52. The van der Waals surface area contributed by atoms with Crippen LogP contribution in [0.2, 0.25) is 0 Å². The lowest BCUT2D eigenvalue weighted by Gasteiger charge is -2.46. The van der Waals surface area contributed by atoms with E-state index in [0.29, 0.717) is 12.0 Å². The van der Waals surface area contributed by atoms with Gasteiger partial charge in [0.05, 0.1) is 11.2 Å². The van der Waals surface area contributed by atoms with Crippen LogP contribution in [0, 0.1) is 6.92 Å². The van der Waals surface area contributed by atoms with Crippen molar-refractivity contribution in [2.45, 2.75) is 44.2 Å². The van der Waals surface area contributed by atoms with Gasteiger partial charge in [-0.2, -0.15) is 0 Å². The van der Waals surface area contributed by atoms with Crippen molar-refractivity contribution < 1.29 is 9.53 Å². The van der Waals surface area contributed by atoms with Crippen molar-refractivity contribution in [2.24, 2.45) is 0 Å². The number of thiophene rings is 1. The summed E-state index contributed by atoms with van der Waals surface area (Å²) in [5.41, 5.74) is 0.710. The smallest absolute Gasteiger partial charge is 0.254 e. The molecule has 2 aliphatic rings. The summed E-state index contributed by atoms with van der Waals surface area (Å²) in [6.45, 7) is 4.25. The third-order valence-corrected chi connectivity index (χ3v) is 6.29. The highest BCUT2D eigenvalue weighted by molar-refractivity contribution is 7.10. The molecule has 1 atom stereocenters. The second kappa shape index (κ2) is 7.32. The number of carbonyl (C=O) groups is 1. The van der Waals surface area contributed by atoms with Gasteiger partial charge in [-0.05, 0) is 50.1 Å². The normalized spacial score (nSPS) is 22.3. The van der Waals surface area contributed by atoms with E-state index in [9.17, 15) is 4.79 Å². The number of likely N-dealkylation sites (tertiary alicyclic amines) is 1. The molecule has 2 aliphatic heterocycles. The summed E-state index contributed by atoms with van der Waals surface area (Å²) in [5, 5.41) is 5.42. The van der Waals surface area contributed by atoms with E-state index in [2.05, 4.69) is 15.3 Å². The molecule has 138 valence electrons. The highest BCUT2D eigenvalue weighted by Crippen LogP contribution is 2.36. The summed E-state index contributed by atoms with van der Waals surface area (Å²) in [6, 6.07) is 4.06. The van der Waals surface area contributed by atoms with Gasteiger partial charge in [0, 0.05) is 43.0 Å². The maximum absolute atomic E-state index is 12.7. The summed E-state index contributed by atoms with van der Waals surface area (Å²) in [5.74, 6) is 0.830. The van der Waals surface area contributed by atoms with Gasteiger partial charge in [-0.1, -0.05) is 0 Å². The number of aromatic nitrogens is 2. The molecule has 0 bridgehead atoms. The number of nitrogens with one attached hydrogen (secondary N) is 1. The molecule has 1 N–H and O–H groups in total. The molecule has 2 saturated heterocycles. The average molecular weight is 372 g/mol. The number of nitrogens with zero attached hydrogens (tertiary/aromatic N) is 3. The first kappa shape index (κ1) is 17.4. The van der Waals surface area contributed by atoms with Crippen LogP contribution in [0.1, 0.15) is 40.9 Å². The first-order valence-electron chi connectivity index (χ1n) is 9.16. The van der Waals surface area contributed by atoms with Crippen molar-refractivity contribution in [1.29, 1.82) is 0 Å². The number of hydrogen-bond acceptors (Lipinski definition) is 6. The van der Waals surface area contributed by atoms with Crippen LogP contribution >= 0.6 is 11.3 Å². The van der Waals surface area contributed by atoms with Crippen molar-refractivity contribution in [2.75, 3.05) is 25.0 Å². The molecular formula is C19H24N4O2S. The van der Waals surface area contributed by atoms with E-state index in [1.807, 2.05) is 29.3 Å². The molecule has 1 amide bonds.